The predicted molar refractivity (Wildman–Crippen MR) is 233 cm³/mol. The number of nitrogens with two attached hydrogens (primary N) is 1. The Morgan fingerprint density at radius 2 is 1.19 bits per heavy atom. The van der Waals surface area contributed by atoms with E-state index in [0.717, 1.165) is 24.2 Å². The van der Waals surface area contributed by atoms with Crippen LogP contribution in [0.2, 0.25) is 0 Å². The summed E-state index contributed by atoms with van der Waals surface area (Å²) < 4.78 is 189. The standard InChI is InChI=1S/C24H27F6N5O.C17H22F4N2O3.C6H3F4N/c25-19(21-20(26)17(2-8-33-21)24(28,29)30)16-3-9-35(10-4-16)22(36)23(27)5-11-34(12-6-23)14-15-1-7-32-18(31)13-15;1-16(2,3)26-15(25)23-8-5-10(6-9-23)14(24)13-12(18)11(4-7-22-13)17(19,20)21;7-5-3-11-2-1-4(5)6(8,9)10/h1-2,7-8,13,16,19H,3-6,9-12,14H2,(H2,31,32);4,7,10,14,24H,5-6,8-9H2,1-3H3;1-3H. The Hall–Kier alpha value is -5.92. The van der Waals surface area contributed by atoms with Crippen molar-refractivity contribution in [3.63, 3.8) is 0 Å². The number of piperidine rings is 3. The van der Waals surface area contributed by atoms with Gasteiger partial charge in [0.15, 0.2) is 23.1 Å². The average molecular weight is 1060 g/mol. The Morgan fingerprint density at radius 3 is 1.68 bits per heavy atom. The highest BCUT2D eigenvalue weighted by molar-refractivity contribution is 5.85. The van der Waals surface area contributed by atoms with Gasteiger partial charge in [0.05, 0.1) is 22.9 Å². The third-order valence-electron chi connectivity index (χ3n) is 12.2. The number of carbonyl (C=O) groups is 2. The number of ether oxygens (including phenoxy) is 1. The predicted octanol–water partition coefficient (Wildman–Crippen LogP) is 10.6. The second-order valence-corrected chi connectivity index (χ2v) is 18.6. The molecule has 0 aliphatic carbocycles. The van der Waals surface area contributed by atoms with Crippen molar-refractivity contribution < 1.29 is 80.9 Å². The van der Waals surface area contributed by atoms with Gasteiger partial charge in [-0.15, -0.1) is 0 Å². The van der Waals surface area contributed by atoms with Gasteiger partial charge in [-0.1, -0.05) is 0 Å². The van der Waals surface area contributed by atoms with E-state index >= 15 is 4.39 Å². The van der Waals surface area contributed by atoms with Crippen molar-refractivity contribution in [2.75, 3.05) is 45.0 Å². The molecular formula is C47H52F14N8O4. The molecule has 0 radical (unpaired) electrons. The van der Waals surface area contributed by atoms with E-state index in [0.29, 0.717) is 62.7 Å². The minimum absolute atomic E-state index is 0.0113. The van der Waals surface area contributed by atoms with Crippen molar-refractivity contribution in [1.82, 2.24) is 34.6 Å². The zero-order valence-corrected chi connectivity index (χ0v) is 39.4. The number of aromatic nitrogens is 4. The SMILES string of the molecule is CC(C)(C)OC(=O)N1CCC(C(O)c2nccc(C(F)(F)F)c2F)CC1.Fc1cnccc1C(F)(F)F.Nc1cc(CN2CCC(F)(C(=O)N3CCC(C(F)c4nccc(C(F)(F)F)c4F)CC3)CC2)ccn1. The van der Waals surface area contributed by atoms with E-state index in [4.69, 9.17) is 10.5 Å². The molecule has 0 aromatic carbocycles. The van der Waals surface area contributed by atoms with Crippen LogP contribution < -0.4 is 5.73 Å². The fourth-order valence-corrected chi connectivity index (χ4v) is 8.34. The molecule has 3 saturated heterocycles. The number of anilines is 1. The number of nitrogen functional groups attached to an aromatic ring is 1. The molecule has 2 atom stereocenters. The third kappa shape index (κ3) is 15.6. The lowest BCUT2D eigenvalue weighted by molar-refractivity contribution is -0.149. The number of halogens is 14. The summed E-state index contributed by atoms with van der Waals surface area (Å²) in [7, 11) is 0. The number of carbonyl (C=O) groups excluding carboxylic acids is 2. The quantitative estimate of drug-likeness (QED) is 0.171. The summed E-state index contributed by atoms with van der Waals surface area (Å²) in [4.78, 5) is 44.0. The molecule has 26 heteroatoms. The fourth-order valence-electron chi connectivity index (χ4n) is 8.34. The Bertz CT molecular complexity index is 2480. The highest BCUT2D eigenvalue weighted by atomic mass is 19.4. The van der Waals surface area contributed by atoms with Gasteiger partial charge in [-0.2, -0.15) is 39.5 Å². The van der Waals surface area contributed by atoms with Gasteiger partial charge in [0.25, 0.3) is 5.91 Å². The van der Waals surface area contributed by atoms with Crippen molar-refractivity contribution in [1.29, 1.82) is 0 Å². The first-order chi connectivity index (χ1) is 33.9. The molecule has 3 N–H and O–H groups in total. The van der Waals surface area contributed by atoms with Crippen LogP contribution in [0.1, 0.15) is 105 Å². The van der Waals surface area contributed by atoms with Gasteiger partial charge in [-0.3, -0.25) is 24.6 Å². The number of rotatable bonds is 7. The molecule has 2 unspecified atom stereocenters. The van der Waals surface area contributed by atoms with Crippen LogP contribution in [-0.4, -0.2) is 102 Å². The first-order valence-electron chi connectivity index (χ1n) is 22.7. The number of likely N-dealkylation sites (tertiary alicyclic amines) is 3. The van der Waals surface area contributed by atoms with Crippen molar-refractivity contribution in [3.05, 3.63) is 112 Å². The second-order valence-electron chi connectivity index (χ2n) is 18.6. The van der Waals surface area contributed by atoms with Gasteiger partial charge in [-0.25, -0.2) is 31.7 Å². The summed E-state index contributed by atoms with van der Waals surface area (Å²) >= 11 is 0. The largest absolute Gasteiger partial charge is 0.444 e. The lowest BCUT2D eigenvalue weighted by Gasteiger charge is -2.40. The molecule has 402 valence electrons. The maximum absolute atomic E-state index is 15.6. The minimum atomic E-state index is -4.96. The summed E-state index contributed by atoms with van der Waals surface area (Å²) in [6.45, 7) is 7.11. The molecule has 3 aliphatic rings. The second kappa shape index (κ2) is 23.5. The van der Waals surface area contributed by atoms with Crippen LogP contribution >= 0.6 is 0 Å². The van der Waals surface area contributed by atoms with E-state index in [2.05, 4.69) is 19.9 Å². The van der Waals surface area contributed by atoms with Crippen LogP contribution in [-0.2, 0) is 34.6 Å². The number of aliphatic hydroxyl groups excluding tert-OH is 1. The third-order valence-corrected chi connectivity index (χ3v) is 12.2. The lowest BCUT2D eigenvalue weighted by atomic mass is 9.87. The van der Waals surface area contributed by atoms with Crippen LogP contribution in [0.15, 0.2) is 61.3 Å². The van der Waals surface area contributed by atoms with Crippen molar-refractivity contribution >= 4 is 17.8 Å². The van der Waals surface area contributed by atoms with E-state index in [1.165, 1.54) is 9.80 Å². The van der Waals surface area contributed by atoms with Crippen LogP contribution in [0.25, 0.3) is 0 Å². The lowest BCUT2D eigenvalue weighted by Crippen LogP contribution is -2.54. The highest BCUT2D eigenvalue weighted by Gasteiger charge is 2.46. The van der Waals surface area contributed by atoms with Gasteiger partial charge in [0.2, 0.25) is 0 Å². The molecule has 0 saturated carbocycles. The summed E-state index contributed by atoms with van der Waals surface area (Å²) in [5, 5.41) is 10.3. The molecular weight excluding hydrogens is 1010 g/mol. The van der Waals surface area contributed by atoms with Crippen molar-refractivity contribution in [2.45, 2.75) is 108 Å². The Morgan fingerprint density at radius 1 is 0.712 bits per heavy atom. The van der Waals surface area contributed by atoms with Crippen molar-refractivity contribution in [2.24, 2.45) is 11.8 Å². The van der Waals surface area contributed by atoms with Gasteiger partial charge in [0.1, 0.15) is 35.1 Å². The van der Waals surface area contributed by atoms with Crippen LogP contribution in [0, 0.1) is 29.3 Å². The summed E-state index contributed by atoms with van der Waals surface area (Å²) in [5.41, 5.74) is -1.86. The average Bonchev–Trinajstić information content (AvgIpc) is 3.31. The van der Waals surface area contributed by atoms with E-state index in [1.807, 2.05) is 11.0 Å². The number of nitrogens with zero attached hydrogens (tertiary/aromatic N) is 7. The van der Waals surface area contributed by atoms with Gasteiger partial charge >= 0.3 is 24.6 Å². The molecule has 2 amide bonds. The monoisotopic (exact) mass is 1060 g/mol. The summed E-state index contributed by atoms with van der Waals surface area (Å²) in [6.07, 6.45) is -13.1. The molecule has 0 bridgehead atoms. The van der Waals surface area contributed by atoms with Gasteiger partial charge < -0.3 is 25.4 Å². The molecule has 7 heterocycles. The van der Waals surface area contributed by atoms with Gasteiger partial charge in [-0.05, 0) is 94.2 Å². The fraction of sp³-hybridized carbons (Fsp3) is 0.532. The Balaban J connectivity index is 0.000000232. The normalized spacial score (nSPS) is 18.2. The number of amides is 2. The van der Waals surface area contributed by atoms with E-state index < -0.39 is 111 Å². The van der Waals surface area contributed by atoms with E-state index in [-0.39, 0.29) is 51.9 Å². The molecule has 3 aliphatic heterocycles. The summed E-state index contributed by atoms with van der Waals surface area (Å²) in [6, 6.07) is 5.16. The van der Waals surface area contributed by atoms with Crippen LogP contribution in [0.4, 0.5) is 72.1 Å². The maximum atomic E-state index is 15.6. The van der Waals surface area contributed by atoms with E-state index in [9.17, 15) is 71.8 Å². The molecule has 12 nitrogen and oxygen atoms in total. The smallest absolute Gasteiger partial charge is 0.419 e. The molecule has 7 rings (SSSR count). The van der Waals surface area contributed by atoms with Crippen molar-refractivity contribution in [3.8, 4) is 0 Å². The number of hydrogen-bond acceptors (Lipinski definition) is 10. The maximum Gasteiger partial charge on any atom is 0.419 e. The molecule has 0 spiro atoms. The zero-order chi connectivity index (χ0) is 54.3. The first-order valence-corrected chi connectivity index (χ1v) is 22.7. The van der Waals surface area contributed by atoms with Crippen LogP contribution in [0.5, 0.6) is 0 Å². The van der Waals surface area contributed by atoms with Gasteiger partial charge in [0, 0.05) is 83.4 Å². The molecule has 4 aromatic rings. The number of hydrogen-bond donors (Lipinski definition) is 2. The zero-order valence-electron chi connectivity index (χ0n) is 39.4. The van der Waals surface area contributed by atoms with E-state index in [1.54, 1.807) is 33.0 Å². The molecule has 73 heavy (non-hydrogen) atoms. The number of pyridine rings is 4. The molecule has 3 fully saturated rings. The highest BCUT2D eigenvalue weighted by Crippen LogP contribution is 2.41. The number of aliphatic hydroxyl groups is 1. The first kappa shape index (κ1) is 58.0. The molecule has 4 aromatic heterocycles. The topological polar surface area (TPSA) is 151 Å². The summed E-state index contributed by atoms with van der Waals surface area (Å²) in [5.74, 6) is -6.22. The minimum Gasteiger partial charge on any atom is -0.444 e. The number of alkyl halides is 11. The Labute approximate surface area is 409 Å². The van der Waals surface area contributed by atoms with Crippen LogP contribution in [0.3, 0.4) is 0 Å². The Kier molecular flexibility index (Phi) is 18.7.